The van der Waals surface area contributed by atoms with Crippen LogP contribution in [-0.2, 0) is 16.0 Å². The molecule has 0 spiro atoms. The van der Waals surface area contributed by atoms with Crippen molar-refractivity contribution < 1.29 is 18.4 Å². The molecule has 0 saturated carbocycles. The predicted octanol–water partition coefficient (Wildman–Crippen LogP) is 2.37. The van der Waals surface area contributed by atoms with Gasteiger partial charge in [-0.05, 0) is 62.4 Å². The summed E-state index contributed by atoms with van der Waals surface area (Å²) in [6.45, 7) is 1.32. The second kappa shape index (κ2) is 6.97. The summed E-state index contributed by atoms with van der Waals surface area (Å²) in [5.41, 5.74) is -0.181. The first-order chi connectivity index (χ1) is 11.5. The van der Waals surface area contributed by atoms with Crippen LogP contribution in [0.1, 0.15) is 49.1 Å². The van der Waals surface area contributed by atoms with Gasteiger partial charge < -0.3 is 5.32 Å². The van der Waals surface area contributed by atoms with Gasteiger partial charge in [-0.25, -0.2) is 8.78 Å². The Kier molecular flexibility index (Phi) is 4.94. The lowest BCUT2D eigenvalue weighted by Crippen LogP contribution is -2.39. The maximum absolute atomic E-state index is 14.6. The highest BCUT2D eigenvalue weighted by Crippen LogP contribution is 2.30. The number of imide groups is 1. The van der Waals surface area contributed by atoms with Crippen molar-refractivity contribution in [1.82, 2.24) is 10.6 Å². The molecule has 2 N–H and O–H groups in total. The van der Waals surface area contributed by atoms with Crippen LogP contribution >= 0.6 is 0 Å². The van der Waals surface area contributed by atoms with E-state index in [0.29, 0.717) is 56.3 Å². The van der Waals surface area contributed by atoms with Gasteiger partial charge in [0.05, 0.1) is 5.92 Å². The first-order valence-corrected chi connectivity index (χ1v) is 8.48. The van der Waals surface area contributed by atoms with Gasteiger partial charge in [-0.2, -0.15) is 0 Å². The van der Waals surface area contributed by atoms with Gasteiger partial charge in [-0.3, -0.25) is 14.9 Å². The van der Waals surface area contributed by atoms with Crippen LogP contribution in [0.5, 0.6) is 0 Å². The molecular weight excluding hydrogens is 314 g/mol. The van der Waals surface area contributed by atoms with E-state index in [4.69, 9.17) is 0 Å². The molecule has 6 heteroatoms. The summed E-state index contributed by atoms with van der Waals surface area (Å²) < 4.78 is 29.0. The number of hydrogen-bond donors (Lipinski definition) is 2. The van der Waals surface area contributed by atoms with Crippen LogP contribution in [0, 0.1) is 5.82 Å². The zero-order valence-corrected chi connectivity index (χ0v) is 13.5. The molecule has 0 radical (unpaired) electrons. The number of carbonyl (C=O) groups excluding carboxylic acids is 2. The molecule has 2 aliphatic heterocycles. The van der Waals surface area contributed by atoms with Crippen LogP contribution in [0.2, 0.25) is 0 Å². The third-order valence-corrected chi connectivity index (χ3v) is 5.06. The second-order valence-corrected chi connectivity index (χ2v) is 6.76. The Balaban J connectivity index is 1.66. The molecule has 2 heterocycles. The molecule has 2 saturated heterocycles. The molecular formula is C18H22F2N2O2. The molecule has 2 amide bonds. The number of piperidine rings is 2. The van der Waals surface area contributed by atoms with E-state index in [0.717, 1.165) is 0 Å². The minimum absolute atomic E-state index is 0.262. The minimum Gasteiger partial charge on any atom is -0.316 e. The Labute approximate surface area is 140 Å². The zero-order chi connectivity index (χ0) is 17.2. The molecule has 4 nitrogen and oxygen atoms in total. The van der Waals surface area contributed by atoms with Gasteiger partial charge in [0.15, 0.2) is 0 Å². The summed E-state index contributed by atoms with van der Waals surface area (Å²) in [7, 11) is 0. The normalized spacial score (nSPS) is 23.8. The first-order valence-electron chi connectivity index (χ1n) is 8.48. The number of alkyl halides is 1. The van der Waals surface area contributed by atoms with Gasteiger partial charge in [0.2, 0.25) is 11.8 Å². The summed E-state index contributed by atoms with van der Waals surface area (Å²) in [4.78, 5) is 23.1. The monoisotopic (exact) mass is 336 g/mol. The second-order valence-electron chi connectivity index (χ2n) is 6.76. The fourth-order valence-corrected chi connectivity index (χ4v) is 3.48. The Morgan fingerprint density at radius 3 is 2.62 bits per heavy atom. The number of rotatable bonds is 4. The highest BCUT2D eigenvalue weighted by molar-refractivity contribution is 6.00. The number of aryl methyl sites for hydroxylation is 1. The summed E-state index contributed by atoms with van der Waals surface area (Å²) in [5, 5.41) is 5.40. The highest BCUT2D eigenvalue weighted by atomic mass is 19.1. The van der Waals surface area contributed by atoms with E-state index in [-0.39, 0.29) is 18.2 Å². The first kappa shape index (κ1) is 17.0. The van der Waals surface area contributed by atoms with Gasteiger partial charge in [0.25, 0.3) is 0 Å². The molecule has 3 rings (SSSR count). The Hall–Kier alpha value is -1.82. The summed E-state index contributed by atoms with van der Waals surface area (Å²) >= 11 is 0. The third-order valence-electron chi connectivity index (χ3n) is 5.06. The van der Waals surface area contributed by atoms with Crippen molar-refractivity contribution in [2.24, 2.45) is 0 Å². The lowest BCUT2D eigenvalue weighted by molar-refractivity contribution is -0.134. The lowest BCUT2D eigenvalue weighted by Gasteiger charge is -2.30. The topological polar surface area (TPSA) is 58.2 Å². The Morgan fingerprint density at radius 1 is 1.21 bits per heavy atom. The van der Waals surface area contributed by atoms with Crippen molar-refractivity contribution in [3.63, 3.8) is 0 Å². The molecule has 1 aromatic rings. The quantitative estimate of drug-likeness (QED) is 0.830. The maximum Gasteiger partial charge on any atom is 0.234 e. The number of nitrogens with one attached hydrogen (secondary N) is 2. The van der Waals surface area contributed by atoms with E-state index in [1.807, 2.05) is 0 Å². The van der Waals surface area contributed by atoms with Crippen molar-refractivity contribution in [1.29, 1.82) is 0 Å². The lowest BCUT2D eigenvalue weighted by atomic mass is 9.86. The van der Waals surface area contributed by atoms with Crippen LogP contribution in [0.4, 0.5) is 8.78 Å². The molecule has 1 aromatic carbocycles. The SMILES string of the molecule is O=C1CCC(c2ccc(CCC3(F)CCNCC3)c(F)c2)C(=O)N1. The van der Waals surface area contributed by atoms with Crippen molar-refractivity contribution in [3.8, 4) is 0 Å². The minimum atomic E-state index is -1.22. The molecule has 1 unspecified atom stereocenters. The molecule has 2 fully saturated rings. The Bertz CT molecular complexity index is 642. The van der Waals surface area contributed by atoms with Gasteiger partial charge in [-0.1, -0.05) is 12.1 Å². The average molecular weight is 336 g/mol. The fourth-order valence-electron chi connectivity index (χ4n) is 3.48. The number of halogens is 2. The van der Waals surface area contributed by atoms with Crippen molar-refractivity contribution in [3.05, 3.63) is 35.1 Å². The number of carbonyl (C=O) groups is 2. The largest absolute Gasteiger partial charge is 0.316 e. The van der Waals surface area contributed by atoms with Gasteiger partial charge >= 0.3 is 0 Å². The molecule has 24 heavy (non-hydrogen) atoms. The van der Waals surface area contributed by atoms with E-state index < -0.39 is 17.4 Å². The fraction of sp³-hybridized carbons (Fsp3) is 0.556. The standard InChI is InChI=1S/C18H22F2N2O2/c19-15-11-13(14-3-4-16(23)22-17(14)24)2-1-12(15)5-6-18(20)7-9-21-10-8-18/h1-2,11,14,21H,3-10H2,(H,22,23,24). The maximum atomic E-state index is 14.6. The summed E-state index contributed by atoms with van der Waals surface area (Å²) in [6, 6.07) is 4.70. The summed E-state index contributed by atoms with van der Waals surface area (Å²) in [5.74, 6) is -1.57. The van der Waals surface area contributed by atoms with Crippen molar-refractivity contribution >= 4 is 11.8 Å². The molecule has 0 aromatic heterocycles. The summed E-state index contributed by atoms with van der Waals surface area (Å²) in [6.07, 6.45) is 2.23. The third kappa shape index (κ3) is 3.80. The van der Waals surface area contributed by atoms with E-state index in [1.54, 1.807) is 12.1 Å². The van der Waals surface area contributed by atoms with Crippen LogP contribution in [0.15, 0.2) is 18.2 Å². The molecule has 130 valence electrons. The van der Waals surface area contributed by atoms with E-state index >= 15 is 0 Å². The number of hydrogen-bond acceptors (Lipinski definition) is 3. The van der Waals surface area contributed by atoms with Crippen LogP contribution in [0.3, 0.4) is 0 Å². The Morgan fingerprint density at radius 2 is 1.96 bits per heavy atom. The van der Waals surface area contributed by atoms with Gasteiger partial charge in [-0.15, -0.1) is 0 Å². The van der Waals surface area contributed by atoms with E-state index in [9.17, 15) is 18.4 Å². The number of benzene rings is 1. The molecule has 2 aliphatic rings. The van der Waals surface area contributed by atoms with Crippen LogP contribution in [0.25, 0.3) is 0 Å². The van der Waals surface area contributed by atoms with E-state index in [2.05, 4.69) is 10.6 Å². The van der Waals surface area contributed by atoms with Gasteiger partial charge in [0.1, 0.15) is 11.5 Å². The highest BCUT2D eigenvalue weighted by Gasteiger charge is 2.32. The zero-order valence-electron chi connectivity index (χ0n) is 13.5. The molecule has 0 bridgehead atoms. The van der Waals surface area contributed by atoms with Crippen molar-refractivity contribution in [2.75, 3.05) is 13.1 Å². The van der Waals surface area contributed by atoms with Crippen molar-refractivity contribution in [2.45, 2.75) is 50.1 Å². The van der Waals surface area contributed by atoms with Gasteiger partial charge in [0, 0.05) is 6.42 Å². The van der Waals surface area contributed by atoms with Crippen LogP contribution in [-0.4, -0.2) is 30.6 Å². The predicted molar refractivity (Wildman–Crippen MR) is 85.8 cm³/mol. The smallest absolute Gasteiger partial charge is 0.234 e. The van der Waals surface area contributed by atoms with E-state index in [1.165, 1.54) is 6.07 Å². The molecule has 0 aliphatic carbocycles. The number of amides is 2. The average Bonchev–Trinajstić information content (AvgIpc) is 2.54. The molecule has 1 atom stereocenters. The van der Waals surface area contributed by atoms with Crippen LogP contribution < -0.4 is 10.6 Å².